The summed E-state index contributed by atoms with van der Waals surface area (Å²) in [6.45, 7) is 2.48. The van der Waals surface area contributed by atoms with Gasteiger partial charge in [0, 0.05) is 30.3 Å². The molecule has 1 aliphatic carbocycles. The number of carbonyl (C=O) groups excluding carboxylic acids is 1. The topological polar surface area (TPSA) is 73.7 Å². The van der Waals surface area contributed by atoms with Crippen molar-refractivity contribution in [1.29, 1.82) is 0 Å². The number of urea groups is 1. The number of hydrogen-bond acceptors (Lipinski definition) is 3. The Kier molecular flexibility index (Phi) is 8.02. The molecule has 6 nitrogen and oxygen atoms in total. The van der Waals surface area contributed by atoms with Crippen molar-refractivity contribution in [3.63, 3.8) is 0 Å². The highest BCUT2D eigenvalue weighted by molar-refractivity contribution is 5.89. The lowest BCUT2D eigenvalue weighted by Gasteiger charge is -2.22. The maximum Gasteiger partial charge on any atom is 0.319 e. The molecule has 1 fully saturated rings. The van der Waals surface area contributed by atoms with Crippen LogP contribution in [0.3, 0.4) is 0 Å². The highest BCUT2D eigenvalue weighted by atomic mass is 16.5. The second kappa shape index (κ2) is 11.5. The number of hydrogen-bond donors (Lipinski definition) is 2. The zero-order valence-electron chi connectivity index (χ0n) is 20.0. The van der Waals surface area contributed by atoms with Crippen molar-refractivity contribution in [2.75, 3.05) is 19.0 Å². The summed E-state index contributed by atoms with van der Waals surface area (Å²) in [6, 6.07) is 18.3. The van der Waals surface area contributed by atoms with Gasteiger partial charge in [-0.2, -0.15) is 0 Å². The second-order valence-corrected chi connectivity index (χ2v) is 8.71. The number of amides is 2. The van der Waals surface area contributed by atoms with Crippen molar-refractivity contribution >= 4 is 11.7 Å². The number of nitrogens with one attached hydrogen (secondary N) is 3. The second-order valence-electron chi connectivity index (χ2n) is 8.71. The summed E-state index contributed by atoms with van der Waals surface area (Å²) in [6.07, 6.45) is 9.56. The molecule has 34 heavy (non-hydrogen) atoms. The van der Waals surface area contributed by atoms with Gasteiger partial charge in [0.25, 0.3) is 0 Å². The molecule has 0 radical (unpaired) electrons. The number of benzene rings is 2. The number of aromatic nitrogens is 1. The first-order chi connectivity index (χ1) is 16.7. The number of rotatable bonds is 9. The number of methoxy groups -OCH3 is 1. The summed E-state index contributed by atoms with van der Waals surface area (Å²) in [5.41, 5.74) is 4.27. The Hall–Kier alpha value is -3.54. The molecule has 1 saturated carbocycles. The van der Waals surface area contributed by atoms with Crippen LogP contribution in [0.15, 0.2) is 67.0 Å². The molecule has 0 unspecified atom stereocenters. The molecule has 0 spiro atoms. The lowest BCUT2D eigenvalue weighted by atomic mass is 9.85. The van der Waals surface area contributed by atoms with E-state index in [9.17, 15) is 4.79 Å². The van der Waals surface area contributed by atoms with Gasteiger partial charge < -0.3 is 20.1 Å². The molecule has 0 aliphatic heterocycles. The van der Waals surface area contributed by atoms with Gasteiger partial charge in [-0.05, 0) is 80.0 Å². The molecule has 1 heterocycles. The number of pyridine rings is 1. The maximum absolute atomic E-state index is 12.1. The largest absolute Gasteiger partial charge is 0.493 e. The highest BCUT2D eigenvalue weighted by Crippen LogP contribution is 2.37. The van der Waals surface area contributed by atoms with Gasteiger partial charge in [-0.25, -0.2) is 9.78 Å². The molecule has 6 heteroatoms. The van der Waals surface area contributed by atoms with E-state index in [1.54, 1.807) is 7.11 Å². The molecule has 3 aromatic rings. The number of H-pyrrole nitrogens is 1. The SMILES string of the molecule is CCNC(=O)Nc1cccc([C@H](Cc2cc[nH+]cc2)c2ccc(OC)c(OC3CCCC3)c2)c1. The average Bonchev–Trinajstić information content (AvgIpc) is 3.36. The molecular formula is C28H34N3O3+. The van der Waals surface area contributed by atoms with Gasteiger partial charge in [-0.15, -0.1) is 0 Å². The lowest BCUT2D eigenvalue weighted by molar-refractivity contribution is -0.378. The normalized spacial score (nSPS) is 14.4. The minimum Gasteiger partial charge on any atom is -0.493 e. The number of ether oxygens (including phenoxy) is 2. The van der Waals surface area contributed by atoms with Crippen LogP contribution in [0.1, 0.15) is 55.2 Å². The van der Waals surface area contributed by atoms with E-state index in [-0.39, 0.29) is 18.1 Å². The zero-order valence-corrected chi connectivity index (χ0v) is 20.0. The van der Waals surface area contributed by atoms with E-state index in [4.69, 9.17) is 9.47 Å². The van der Waals surface area contributed by atoms with Crippen molar-refractivity contribution in [2.45, 2.75) is 51.0 Å². The number of anilines is 1. The van der Waals surface area contributed by atoms with Crippen LogP contribution in [0, 0.1) is 0 Å². The van der Waals surface area contributed by atoms with Crippen LogP contribution >= 0.6 is 0 Å². The van der Waals surface area contributed by atoms with Crippen LogP contribution in [0.4, 0.5) is 10.5 Å². The zero-order chi connectivity index (χ0) is 23.8. The summed E-state index contributed by atoms with van der Waals surface area (Å²) < 4.78 is 12.0. The van der Waals surface area contributed by atoms with Crippen molar-refractivity contribution in [1.82, 2.24) is 5.32 Å². The van der Waals surface area contributed by atoms with Gasteiger partial charge in [0.05, 0.1) is 13.2 Å². The Bertz CT molecular complexity index is 1080. The Balaban J connectivity index is 1.68. The Morgan fingerprint density at radius 3 is 2.53 bits per heavy atom. The molecule has 178 valence electrons. The average molecular weight is 461 g/mol. The summed E-state index contributed by atoms with van der Waals surface area (Å²) in [4.78, 5) is 15.2. The van der Waals surface area contributed by atoms with Crippen molar-refractivity contribution < 1.29 is 19.3 Å². The molecule has 4 rings (SSSR count). The fourth-order valence-corrected chi connectivity index (χ4v) is 4.58. The molecule has 1 aliphatic rings. The first-order valence-electron chi connectivity index (χ1n) is 12.1. The van der Waals surface area contributed by atoms with E-state index >= 15 is 0 Å². The molecule has 2 amide bonds. The molecule has 3 N–H and O–H groups in total. The monoisotopic (exact) mass is 460 g/mol. The molecular weight excluding hydrogens is 426 g/mol. The summed E-state index contributed by atoms with van der Waals surface area (Å²) >= 11 is 0. The molecule has 0 bridgehead atoms. The van der Waals surface area contributed by atoms with Gasteiger partial charge in [0.1, 0.15) is 0 Å². The van der Waals surface area contributed by atoms with Crippen LogP contribution in [-0.4, -0.2) is 25.8 Å². The van der Waals surface area contributed by atoms with E-state index in [1.807, 2.05) is 37.5 Å². The smallest absolute Gasteiger partial charge is 0.319 e. The van der Waals surface area contributed by atoms with Crippen LogP contribution in [-0.2, 0) is 6.42 Å². The fourth-order valence-electron chi connectivity index (χ4n) is 4.58. The lowest BCUT2D eigenvalue weighted by Crippen LogP contribution is -2.28. The fraction of sp³-hybridized carbons (Fsp3) is 0.357. The predicted molar refractivity (Wildman–Crippen MR) is 134 cm³/mol. The van der Waals surface area contributed by atoms with Gasteiger partial charge in [0.15, 0.2) is 23.9 Å². The standard InChI is InChI=1S/C28H33N3O3/c1-3-30-28(32)31-23-8-6-7-21(18-23)25(17-20-13-15-29-16-14-20)22-11-12-26(33-2)27(19-22)34-24-9-4-5-10-24/h6-8,11-16,18-19,24-25H,3-5,9-10,17H2,1-2H3,(H2,30,31,32)/p+1/t25-/m0/s1. The van der Waals surface area contributed by atoms with E-state index in [1.165, 1.54) is 18.4 Å². The minimum absolute atomic E-state index is 0.0789. The first-order valence-corrected chi connectivity index (χ1v) is 12.1. The van der Waals surface area contributed by atoms with Crippen LogP contribution in [0.2, 0.25) is 0 Å². The molecule has 1 aromatic heterocycles. The summed E-state index contributed by atoms with van der Waals surface area (Å²) in [7, 11) is 1.69. The molecule has 0 saturated heterocycles. The van der Waals surface area contributed by atoms with E-state index in [2.05, 4.69) is 52.0 Å². The van der Waals surface area contributed by atoms with Gasteiger partial charge in [-0.1, -0.05) is 18.2 Å². The summed E-state index contributed by atoms with van der Waals surface area (Å²) in [5.74, 6) is 1.64. The van der Waals surface area contributed by atoms with E-state index < -0.39 is 0 Å². The Morgan fingerprint density at radius 2 is 1.79 bits per heavy atom. The number of aromatic amines is 1. The minimum atomic E-state index is -0.202. The van der Waals surface area contributed by atoms with Crippen LogP contribution < -0.4 is 25.1 Å². The van der Waals surface area contributed by atoms with Gasteiger partial charge >= 0.3 is 6.03 Å². The predicted octanol–water partition coefficient (Wildman–Crippen LogP) is 5.35. The van der Waals surface area contributed by atoms with Crippen molar-refractivity contribution in [3.8, 4) is 11.5 Å². The Labute approximate surface area is 201 Å². The van der Waals surface area contributed by atoms with Crippen LogP contribution in [0.5, 0.6) is 11.5 Å². The molecule has 1 atom stereocenters. The third kappa shape index (κ3) is 6.07. The van der Waals surface area contributed by atoms with Crippen LogP contribution in [0.25, 0.3) is 0 Å². The van der Waals surface area contributed by atoms with Gasteiger partial charge in [-0.3, -0.25) is 0 Å². The Morgan fingerprint density at radius 1 is 1.03 bits per heavy atom. The first kappa shape index (κ1) is 23.6. The maximum atomic E-state index is 12.1. The van der Waals surface area contributed by atoms with Gasteiger partial charge in [0.2, 0.25) is 0 Å². The van der Waals surface area contributed by atoms with Crippen molar-refractivity contribution in [3.05, 3.63) is 83.7 Å². The van der Waals surface area contributed by atoms with Crippen molar-refractivity contribution in [2.24, 2.45) is 0 Å². The highest BCUT2D eigenvalue weighted by Gasteiger charge is 2.22. The quantitative estimate of drug-likeness (QED) is 0.452. The van der Waals surface area contributed by atoms with E-state index in [0.717, 1.165) is 47.6 Å². The summed E-state index contributed by atoms with van der Waals surface area (Å²) in [5, 5.41) is 5.72. The van der Waals surface area contributed by atoms with E-state index in [0.29, 0.717) is 6.54 Å². The third-order valence-electron chi connectivity index (χ3n) is 6.30. The molecule has 2 aromatic carbocycles. The number of carbonyl (C=O) groups is 1. The third-order valence-corrected chi connectivity index (χ3v) is 6.30.